The van der Waals surface area contributed by atoms with E-state index in [9.17, 15) is 5.11 Å². The Morgan fingerprint density at radius 1 is 0.706 bits per heavy atom. The molecular formula is C30H38O4. The molecule has 0 saturated carbocycles. The van der Waals surface area contributed by atoms with Gasteiger partial charge in [-0.15, -0.1) is 0 Å². The van der Waals surface area contributed by atoms with Crippen LogP contribution >= 0.6 is 0 Å². The average molecular weight is 463 g/mol. The monoisotopic (exact) mass is 462 g/mol. The molecule has 0 atom stereocenters. The summed E-state index contributed by atoms with van der Waals surface area (Å²) < 4.78 is 18.0. The Bertz CT molecular complexity index is 1200. The van der Waals surface area contributed by atoms with Crippen molar-refractivity contribution in [2.75, 3.05) is 14.2 Å². The van der Waals surface area contributed by atoms with Gasteiger partial charge < -0.3 is 19.3 Å². The molecule has 0 saturated heterocycles. The molecular weight excluding hydrogens is 424 g/mol. The highest BCUT2D eigenvalue weighted by atomic mass is 16.5. The van der Waals surface area contributed by atoms with Gasteiger partial charge in [0.05, 0.1) is 20.3 Å². The minimum absolute atomic E-state index is 0.0253. The maximum Gasteiger partial charge on any atom is 0.130 e. The maximum absolute atomic E-state index is 10.8. The minimum Gasteiger partial charge on any atom is -0.507 e. The number of benzene rings is 3. The summed E-state index contributed by atoms with van der Waals surface area (Å²) in [5, 5.41) is 10.8. The van der Waals surface area contributed by atoms with E-state index in [1.807, 2.05) is 52.0 Å². The highest BCUT2D eigenvalue weighted by molar-refractivity contribution is 5.86. The van der Waals surface area contributed by atoms with Crippen LogP contribution in [-0.2, 0) is 5.41 Å². The number of methoxy groups -OCH3 is 2. The van der Waals surface area contributed by atoms with Crippen molar-refractivity contribution in [3.05, 3.63) is 58.7 Å². The Morgan fingerprint density at radius 3 is 1.76 bits per heavy atom. The minimum atomic E-state index is -0.0297. The van der Waals surface area contributed by atoms with E-state index >= 15 is 0 Å². The zero-order chi connectivity index (χ0) is 25.4. The van der Waals surface area contributed by atoms with Gasteiger partial charge in [0.2, 0.25) is 0 Å². The zero-order valence-corrected chi connectivity index (χ0v) is 22.2. The van der Waals surface area contributed by atoms with Crippen molar-refractivity contribution in [3.8, 4) is 45.3 Å². The summed E-state index contributed by atoms with van der Waals surface area (Å²) >= 11 is 0. The molecule has 3 aromatic rings. The largest absolute Gasteiger partial charge is 0.507 e. The fraction of sp³-hybridized carbons (Fsp3) is 0.400. The fourth-order valence-electron chi connectivity index (χ4n) is 4.28. The van der Waals surface area contributed by atoms with Gasteiger partial charge in [-0.2, -0.15) is 0 Å². The number of rotatable bonds is 6. The highest BCUT2D eigenvalue weighted by Crippen LogP contribution is 2.47. The summed E-state index contributed by atoms with van der Waals surface area (Å²) in [6.07, 6.45) is 0.0253. The summed E-state index contributed by atoms with van der Waals surface area (Å²) in [5.41, 5.74) is 7.50. The molecule has 4 heteroatoms. The predicted octanol–water partition coefficient (Wildman–Crippen LogP) is 7.75. The molecule has 4 nitrogen and oxygen atoms in total. The van der Waals surface area contributed by atoms with Crippen LogP contribution in [0.3, 0.4) is 0 Å². The van der Waals surface area contributed by atoms with E-state index in [0.29, 0.717) is 11.5 Å². The van der Waals surface area contributed by atoms with Crippen LogP contribution in [0.4, 0.5) is 0 Å². The lowest BCUT2D eigenvalue weighted by Gasteiger charge is -2.25. The summed E-state index contributed by atoms with van der Waals surface area (Å²) in [6.45, 7) is 16.7. The lowest BCUT2D eigenvalue weighted by Crippen LogP contribution is -2.14. The molecule has 34 heavy (non-hydrogen) atoms. The van der Waals surface area contributed by atoms with E-state index in [-0.39, 0.29) is 17.3 Å². The number of phenols is 1. The Kier molecular flexibility index (Phi) is 7.21. The van der Waals surface area contributed by atoms with E-state index in [1.54, 1.807) is 14.2 Å². The van der Waals surface area contributed by atoms with E-state index in [2.05, 4.69) is 39.8 Å². The lowest BCUT2D eigenvalue weighted by atomic mass is 9.83. The van der Waals surface area contributed by atoms with Crippen LogP contribution in [0.15, 0.2) is 36.4 Å². The topological polar surface area (TPSA) is 47.9 Å². The fourth-order valence-corrected chi connectivity index (χ4v) is 4.28. The average Bonchev–Trinajstić information content (AvgIpc) is 2.75. The first-order chi connectivity index (χ1) is 15.9. The highest BCUT2D eigenvalue weighted by Gasteiger charge is 2.24. The first-order valence-corrected chi connectivity index (χ1v) is 11.8. The van der Waals surface area contributed by atoms with E-state index in [1.165, 1.54) is 5.56 Å². The third-order valence-electron chi connectivity index (χ3n) is 6.04. The van der Waals surface area contributed by atoms with Crippen LogP contribution in [0.5, 0.6) is 23.0 Å². The third kappa shape index (κ3) is 5.01. The van der Waals surface area contributed by atoms with E-state index < -0.39 is 0 Å². The van der Waals surface area contributed by atoms with Gasteiger partial charge in [-0.05, 0) is 86.6 Å². The number of hydrogen-bond acceptors (Lipinski definition) is 4. The number of aryl methyl sites for hydroxylation is 3. The number of phenolic OH excluding ortho intramolecular Hbond substituents is 1. The van der Waals surface area contributed by atoms with Gasteiger partial charge in [0.15, 0.2) is 0 Å². The summed E-state index contributed by atoms with van der Waals surface area (Å²) in [6, 6.07) is 12.3. The van der Waals surface area contributed by atoms with Crippen molar-refractivity contribution < 1.29 is 19.3 Å². The molecule has 0 unspecified atom stereocenters. The Hall–Kier alpha value is -3.14. The normalized spacial score (nSPS) is 11.6. The molecule has 0 aliphatic carbocycles. The first-order valence-electron chi connectivity index (χ1n) is 11.8. The van der Waals surface area contributed by atoms with Crippen LogP contribution in [-0.4, -0.2) is 25.4 Å². The van der Waals surface area contributed by atoms with Crippen LogP contribution in [0.1, 0.15) is 56.9 Å². The standard InChI is InChI=1S/C30H38O4/c1-17(2)34-29-20(5)13-21(30(6,7)8)14-25(29)23-16-26(32-9)22(15-27(23)33-10)24-12-18(3)11-19(4)28(24)31/h11-17,31H,1-10H3. The number of ether oxygens (including phenoxy) is 3. The van der Waals surface area contributed by atoms with Crippen molar-refractivity contribution in [2.45, 2.75) is 66.9 Å². The van der Waals surface area contributed by atoms with Crippen molar-refractivity contribution in [1.29, 1.82) is 0 Å². The number of aromatic hydroxyl groups is 1. The second kappa shape index (κ2) is 9.61. The molecule has 0 aliphatic rings. The molecule has 3 aromatic carbocycles. The van der Waals surface area contributed by atoms with Gasteiger partial charge in [-0.3, -0.25) is 0 Å². The Balaban J connectivity index is 2.36. The molecule has 0 heterocycles. The summed E-state index contributed by atoms with van der Waals surface area (Å²) in [4.78, 5) is 0. The van der Waals surface area contributed by atoms with Crippen molar-refractivity contribution >= 4 is 0 Å². The smallest absolute Gasteiger partial charge is 0.130 e. The van der Waals surface area contributed by atoms with Crippen LogP contribution in [0.25, 0.3) is 22.3 Å². The summed E-state index contributed by atoms with van der Waals surface area (Å²) in [7, 11) is 3.32. The van der Waals surface area contributed by atoms with Gasteiger partial charge in [-0.1, -0.05) is 32.9 Å². The first kappa shape index (κ1) is 25.5. The van der Waals surface area contributed by atoms with E-state index in [0.717, 1.165) is 44.7 Å². The van der Waals surface area contributed by atoms with Crippen molar-refractivity contribution in [1.82, 2.24) is 0 Å². The lowest BCUT2D eigenvalue weighted by molar-refractivity contribution is 0.241. The molecule has 0 bridgehead atoms. The van der Waals surface area contributed by atoms with Gasteiger partial charge in [-0.25, -0.2) is 0 Å². The molecule has 1 N–H and O–H groups in total. The predicted molar refractivity (Wildman–Crippen MR) is 141 cm³/mol. The zero-order valence-electron chi connectivity index (χ0n) is 22.2. The molecule has 0 amide bonds. The molecule has 182 valence electrons. The molecule has 0 spiro atoms. The van der Waals surface area contributed by atoms with Gasteiger partial charge in [0, 0.05) is 22.3 Å². The molecule has 0 radical (unpaired) electrons. The quantitative estimate of drug-likeness (QED) is 0.407. The summed E-state index contributed by atoms with van der Waals surface area (Å²) in [5.74, 6) is 2.43. The molecule has 0 aliphatic heterocycles. The number of hydrogen-bond donors (Lipinski definition) is 1. The second-order valence-electron chi connectivity index (χ2n) is 10.3. The van der Waals surface area contributed by atoms with Gasteiger partial charge in [0.25, 0.3) is 0 Å². The van der Waals surface area contributed by atoms with Crippen LogP contribution in [0, 0.1) is 20.8 Å². The maximum atomic E-state index is 10.8. The van der Waals surface area contributed by atoms with Gasteiger partial charge in [0.1, 0.15) is 23.0 Å². The van der Waals surface area contributed by atoms with Crippen LogP contribution in [0.2, 0.25) is 0 Å². The molecule has 3 rings (SSSR count). The third-order valence-corrected chi connectivity index (χ3v) is 6.04. The second-order valence-corrected chi connectivity index (χ2v) is 10.3. The van der Waals surface area contributed by atoms with Gasteiger partial charge >= 0.3 is 0 Å². The Labute approximate surface area is 204 Å². The van der Waals surface area contributed by atoms with Crippen LogP contribution < -0.4 is 14.2 Å². The molecule has 0 fully saturated rings. The SMILES string of the molecule is COc1cc(-c2cc(C(C)(C)C)cc(C)c2OC(C)C)c(OC)cc1-c1cc(C)cc(C)c1O. The molecule has 0 aromatic heterocycles. The van der Waals surface area contributed by atoms with E-state index in [4.69, 9.17) is 14.2 Å². The van der Waals surface area contributed by atoms with Crippen molar-refractivity contribution in [3.63, 3.8) is 0 Å². The Morgan fingerprint density at radius 2 is 1.26 bits per heavy atom. The van der Waals surface area contributed by atoms with Crippen molar-refractivity contribution in [2.24, 2.45) is 0 Å².